The Balaban J connectivity index is 3.14. The predicted molar refractivity (Wildman–Crippen MR) is 60.5 cm³/mol. The van der Waals surface area contributed by atoms with Crippen LogP contribution in [0.4, 0.5) is 5.69 Å². The number of primary sulfonamides is 1. The first-order valence-corrected chi connectivity index (χ1v) is 6.09. The van der Waals surface area contributed by atoms with Gasteiger partial charge in [0.2, 0.25) is 15.9 Å². The molecular formula is C8H10ClN3O3S. The molecule has 0 saturated carbocycles. The molecule has 88 valence electrons. The molecule has 0 aliphatic heterocycles. The van der Waals surface area contributed by atoms with Crippen molar-refractivity contribution >= 4 is 33.2 Å². The molecule has 1 amide bonds. The largest absolute Gasteiger partial charge is 0.324 e. The number of carbonyl (C=O) groups excluding carboxylic acids is 1. The number of anilines is 1. The smallest absolute Gasteiger partial charge is 0.238 e. The van der Waals surface area contributed by atoms with Gasteiger partial charge in [0, 0.05) is 0 Å². The van der Waals surface area contributed by atoms with Crippen molar-refractivity contribution in [1.29, 1.82) is 0 Å². The number of rotatable bonds is 3. The second-order valence-corrected chi connectivity index (χ2v) is 4.91. The first-order valence-electron chi connectivity index (χ1n) is 4.17. The Kier molecular flexibility index (Phi) is 3.87. The summed E-state index contributed by atoms with van der Waals surface area (Å²) in [5, 5.41) is 7.49. The van der Waals surface area contributed by atoms with Gasteiger partial charge in [0.1, 0.15) is 0 Å². The van der Waals surface area contributed by atoms with Crippen molar-refractivity contribution in [3.63, 3.8) is 0 Å². The molecule has 0 unspecified atom stereocenters. The molecule has 6 nitrogen and oxygen atoms in total. The van der Waals surface area contributed by atoms with E-state index in [0.29, 0.717) is 0 Å². The van der Waals surface area contributed by atoms with Gasteiger partial charge in [-0.3, -0.25) is 4.79 Å². The van der Waals surface area contributed by atoms with E-state index in [2.05, 4.69) is 5.32 Å². The van der Waals surface area contributed by atoms with E-state index in [1.807, 2.05) is 0 Å². The number of nitrogens with two attached hydrogens (primary N) is 2. The van der Waals surface area contributed by atoms with Crippen molar-refractivity contribution in [2.75, 3.05) is 11.9 Å². The maximum Gasteiger partial charge on any atom is 0.238 e. The highest BCUT2D eigenvalue weighted by atomic mass is 35.5. The van der Waals surface area contributed by atoms with Gasteiger partial charge in [0.15, 0.2) is 0 Å². The van der Waals surface area contributed by atoms with Crippen LogP contribution in [-0.2, 0) is 14.8 Å². The summed E-state index contributed by atoms with van der Waals surface area (Å²) in [6.45, 7) is -0.226. The molecule has 0 aliphatic carbocycles. The van der Waals surface area contributed by atoms with Crippen LogP contribution < -0.4 is 16.2 Å². The molecule has 8 heteroatoms. The number of hydrogen-bond donors (Lipinski definition) is 3. The van der Waals surface area contributed by atoms with E-state index >= 15 is 0 Å². The third-order valence-electron chi connectivity index (χ3n) is 1.73. The molecular weight excluding hydrogens is 254 g/mol. The standard InChI is InChI=1S/C8H10ClN3O3S/c9-6-2-1-5(16(11,14)15)3-7(6)12-8(13)4-10/h1-3H,4,10H2,(H,12,13)(H2,11,14,15). The van der Waals surface area contributed by atoms with E-state index in [-0.39, 0.29) is 22.2 Å². The normalized spacial score (nSPS) is 11.2. The van der Waals surface area contributed by atoms with Gasteiger partial charge in [-0.25, -0.2) is 13.6 Å². The summed E-state index contributed by atoms with van der Waals surface area (Å²) >= 11 is 5.76. The van der Waals surface area contributed by atoms with Crippen molar-refractivity contribution < 1.29 is 13.2 Å². The van der Waals surface area contributed by atoms with Gasteiger partial charge >= 0.3 is 0 Å². The Morgan fingerprint density at radius 1 is 1.44 bits per heavy atom. The SMILES string of the molecule is NCC(=O)Nc1cc(S(N)(=O)=O)ccc1Cl. The van der Waals surface area contributed by atoms with Gasteiger partial charge < -0.3 is 11.1 Å². The molecule has 0 aliphatic rings. The molecule has 0 heterocycles. The van der Waals surface area contributed by atoms with Crippen LogP contribution >= 0.6 is 11.6 Å². The lowest BCUT2D eigenvalue weighted by atomic mass is 10.3. The Labute approximate surface area is 97.6 Å². The Hall–Kier alpha value is -1.15. The first-order chi connectivity index (χ1) is 7.34. The van der Waals surface area contributed by atoms with Crippen LogP contribution in [0.3, 0.4) is 0 Å². The topological polar surface area (TPSA) is 115 Å². The molecule has 0 bridgehead atoms. The fourth-order valence-electron chi connectivity index (χ4n) is 0.978. The van der Waals surface area contributed by atoms with Crippen LogP contribution in [-0.4, -0.2) is 20.9 Å². The minimum absolute atomic E-state index is 0.135. The molecule has 0 radical (unpaired) electrons. The average Bonchev–Trinajstić information content (AvgIpc) is 2.19. The van der Waals surface area contributed by atoms with Crippen LogP contribution in [0, 0.1) is 0 Å². The van der Waals surface area contributed by atoms with Crippen molar-refractivity contribution in [2.24, 2.45) is 10.9 Å². The van der Waals surface area contributed by atoms with Gasteiger partial charge in [0.05, 0.1) is 22.2 Å². The van der Waals surface area contributed by atoms with Crippen molar-refractivity contribution in [2.45, 2.75) is 4.90 Å². The fraction of sp³-hybridized carbons (Fsp3) is 0.125. The molecule has 0 atom stereocenters. The molecule has 1 aromatic carbocycles. The minimum atomic E-state index is -3.83. The quantitative estimate of drug-likeness (QED) is 0.705. The predicted octanol–water partition coefficient (Wildman–Crippen LogP) is -0.115. The highest BCUT2D eigenvalue weighted by Crippen LogP contribution is 2.24. The van der Waals surface area contributed by atoms with Crippen molar-refractivity contribution in [3.8, 4) is 0 Å². The van der Waals surface area contributed by atoms with E-state index in [1.54, 1.807) is 0 Å². The van der Waals surface area contributed by atoms with E-state index < -0.39 is 15.9 Å². The molecule has 1 rings (SSSR count). The number of hydrogen-bond acceptors (Lipinski definition) is 4. The minimum Gasteiger partial charge on any atom is -0.324 e. The number of nitrogens with one attached hydrogen (secondary N) is 1. The lowest BCUT2D eigenvalue weighted by molar-refractivity contribution is -0.114. The fourth-order valence-corrected chi connectivity index (χ4v) is 1.68. The highest BCUT2D eigenvalue weighted by Gasteiger charge is 2.11. The summed E-state index contributed by atoms with van der Waals surface area (Å²) in [6, 6.07) is 3.74. The lowest BCUT2D eigenvalue weighted by Crippen LogP contribution is -2.22. The Bertz CT molecular complexity index is 515. The number of carbonyl (C=O) groups is 1. The monoisotopic (exact) mass is 263 g/mol. The van der Waals surface area contributed by atoms with Gasteiger partial charge in [-0.05, 0) is 18.2 Å². The van der Waals surface area contributed by atoms with Crippen LogP contribution in [0.1, 0.15) is 0 Å². The zero-order chi connectivity index (χ0) is 12.3. The lowest BCUT2D eigenvalue weighted by Gasteiger charge is -2.07. The zero-order valence-corrected chi connectivity index (χ0v) is 9.68. The van der Waals surface area contributed by atoms with Gasteiger partial charge in [0.25, 0.3) is 0 Å². The van der Waals surface area contributed by atoms with Crippen molar-refractivity contribution in [1.82, 2.24) is 0 Å². The van der Waals surface area contributed by atoms with Crippen LogP contribution in [0.5, 0.6) is 0 Å². The summed E-state index contributed by atoms with van der Waals surface area (Å²) in [5.74, 6) is -0.478. The Morgan fingerprint density at radius 3 is 2.56 bits per heavy atom. The average molecular weight is 264 g/mol. The first kappa shape index (κ1) is 12.9. The molecule has 0 saturated heterocycles. The molecule has 16 heavy (non-hydrogen) atoms. The maximum absolute atomic E-state index is 11.0. The van der Waals surface area contributed by atoms with Crippen LogP contribution in [0.25, 0.3) is 0 Å². The Morgan fingerprint density at radius 2 is 2.06 bits per heavy atom. The second-order valence-electron chi connectivity index (χ2n) is 2.94. The molecule has 0 spiro atoms. The van der Waals surface area contributed by atoms with Crippen molar-refractivity contribution in [3.05, 3.63) is 23.2 Å². The molecule has 1 aromatic rings. The summed E-state index contributed by atoms with van der Waals surface area (Å²) < 4.78 is 22.1. The van der Waals surface area contributed by atoms with E-state index in [1.165, 1.54) is 18.2 Å². The van der Waals surface area contributed by atoms with Gasteiger partial charge in [-0.1, -0.05) is 11.6 Å². The highest BCUT2D eigenvalue weighted by molar-refractivity contribution is 7.89. The van der Waals surface area contributed by atoms with E-state index in [9.17, 15) is 13.2 Å². The third kappa shape index (κ3) is 3.17. The second kappa shape index (κ2) is 4.79. The summed E-state index contributed by atoms with van der Waals surface area (Å²) in [4.78, 5) is 10.9. The number of benzene rings is 1. The molecule has 5 N–H and O–H groups in total. The van der Waals surface area contributed by atoms with E-state index in [0.717, 1.165) is 0 Å². The van der Waals surface area contributed by atoms with Crippen LogP contribution in [0.2, 0.25) is 5.02 Å². The maximum atomic E-state index is 11.0. The summed E-state index contributed by atoms with van der Waals surface area (Å²) in [6.07, 6.45) is 0. The number of sulfonamides is 1. The van der Waals surface area contributed by atoms with Crippen LogP contribution in [0.15, 0.2) is 23.1 Å². The third-order valence-corrected chi connectivity index (χ3v) is 2.97. The van der Waals surface area contributed by atoms with Gasteiger partial charge in [-0.15, -0.1) is 0 Å². The van der Waals surface area contributed by atoms with Gasteiger partial charge in [-0.2, -0.15) is 0 Å². The summed E-state index contributed by atoms with van der Waals surface area (Å²) in [7, 11) is -3.83. The molecule has 0 aromatic heterocycles. The summed E-state index contributed by atoms with van der Waals surface area (Å²) in [5.41, 5.74) is 5.25. The number of halogens is 1. The van der Waals surface area contributed by atoms with E-state index in [4.69, 9.17) is 22.5 Å². The zero-order valence-electron chi connectivity index (χ0n) is 8.10. The molecule has 0 fully saturated rings. The number of amides is 1.